The molecule has 0 aliphatic carbocycles. The van der Waals surface area contributed by atoms with Crippen LogP contribution in [0.3, 0.4) is 0 Å². The Hall–Kier alpha value is -1.14. The molecule has 4 fully saturated rings. The second kappa shape index (κ2) is 6.88. The number of hydrogen-bond donors (Lipinski definition) is 0. The van der Waals surface area contributed by atoms with Crippen LogP contribution < -0.4 is 0 Å². The zero-order valence-electron chi connectivity index (χ0n) is 14.5. The van der Waals surface area contributed by atoms with Crippen molar-refractivity contribution in [1.29, 1.82) is 0 Å². The van der Waals surface area contributed by atoms with Crippen LogP contribution in [0.2, 0.25) is 0 Å². The van der Waals surface area contributed by atoms with E-state index in [-0.39, 0.29) is 23.9 Å². The topological polar surface area (TPSA) is 23.6 Å². The highest BCUT2D eigenvalue weighted by molar-refractivity contribution is 7.98. The lowest BCUT2D eigenvalue weighted by Gasteiger charge is -2.51. The van der Waals surface area contributed by atoms with Gasteiger partial charge in [-0.2, -0.15) is 11.8 Å². The van der Waals surface area contributed by atoms with Gasteiger partial charge in [-0.15, -0.1) is 0 Å². The maximum absolute atomic E-state index is 14.5. The van der Waals surface area contributed by atoms with Crippen molar-refractivity contribution in [2.45, 2.75) is 37.3 Å². The van der Waals surface area contributed by atoms with Crippen LogP contribution in [-0.2, 0) is 4.79 Å². The van der Waals surface area contributed by atoms with Crippen molar-refractivity contribution in [2.75, 3.05) is 31.6 Å². The van der Waals surface area contributed by atoms with Crippen LogP contribution in [0.25, 0.3) is 0 Å². The molecular formula is C19H24F2N2OS. The Labute approximate surface area is 151 Å². The zero-order valence-corrected chi connectivity index (χ0v) is 15.3. The van der Waals surface area contributed by atoms with Crippen LogP contribution in [0.1, 0.15) is 30.7 Å². The number of carbonyl (C=O) groups excluding carboxylic acids is 1. The van der Waals surface area contributed by atoms with Crippen molar-refractivity contribution < 1.29 is 13.6 Å². The van der Waals surface area contributed by atoms with Crippen LogP contribution in [0, 0.1) is 17.6 Å². The average Bonchev–Trinajstić information content (AvgIpc) is 3.06. The van der Waals surface area contributed by atoms with Crippen molar-refractivity contribution >= 4 is 17.7 Å². The summed E-state index contributed by atoms with van der Waals surface area (Å²) in [5, 5.41) is 0. The highest BCUT2D eigenvalue weighted by Gasteiger charge is 2.54. The van der Waals surface area contributed by atoms with E-state index < -0.39 is 11.6 Å². The molecule has 6 heteroatoms. The van der Waals surface area contributed by atoms with E-state index in [1.165, 1.54) is 6.07 Å². The molecule has 1 aromatic carbocycles. The quantitative estimate of drug-likeness (QED) is 0.818. The van der Waals surface area contributed by atoms with E-state index >= 15 is 0 Å². The first kappa shape index (κ1) is 17.3. The van der Waals surface area contributed by atoms with Gasteiger partial charge in [0.15, 0.2) is 11.6 Å². The van der Waals surface area contributed by atoms with Crippen molar-refractivity contribution in [3.8, 4) is 0 Å². The van der Waals surface area contributed by atoms with E-state index in [0.29, 0.717) is 24.4 Å². The van der Waals surface area contributed by atoms with Gasteiger partial charge >= 0.3 is 0 Å². The molecule has 0 unspecified atom stereocenters. The summed E-state index contributed by atoms with van der Waals surface area (Å²) in [5.41, 5.74) is 0.433. The van der Waals surface area contributed by atoms with Crippen molar-refractivity contribution in [3.05, 3.63) is 35.4 Å². The molecule has 25 heavy (non-hydrogen) atoms. The smallest absolute Gasteiger partial charge is 0.223 e. The minimum absolute atomic E-state index is 0.127. The van der Waals surface area contributed by atoms with Gasteiger partial charge in [-0.1, -0.05) is 12.1 Å². The minimum Gasteiger partial charge on any atom is -0.337 e. The third kappa shape index (κ3) is 2.87. The number of fused-ring (bicyclic) bond motifs is 2. The normalized spacial score (nSPS) is 33.6. The number of likely N-dealkylation sites (tertiary alicyclic amines) is 1. The summed E-state index contributed by atoms with van der Waals surface area (Å²) in [4.78, 5) is 17.2. The molecule has 1 amide bonds. The lowest BCUT2D eigenvalue weighted by molar-refractivity contribution is -0.135. The summed E-state index contributed by atoms with van der Waals surface area (Å²) in [6, 6.07) is 4.73. The summed E-state index contributed by atoms with van der Waals surface area (Å²) < 4.78 is 28.3. The number of nitrogens with zero attached hydrogens (tertiary/aromatic N) is 2. The maximum atomic E-state index is 14.5. The Morgan fingerprint density at radius 1 is 1.24 bits per heavy atom. The van der Waals surface area contributed by atoms with Gasteiger partial charge in [0.1, 0.15) is 0 Å². The van der Waals surface area contributed by atoms with E-state index in [1.54, 1.807) is 23.9 Å². The van der Waals surface area contributed by atoms with Gasteiger partial charge < -0.3 is 4.90 Å². The first-order chi connectivity index (χ1) is 12.1. The van der Waals surface area contributed by atoms with Crippen LogP contribution in [0.5, 0.6) is 0 Å². The monoisotopic (exact) mass is 366 g/mol. The average molecular weight is 366 g/mol. The Kier molecular flexibility index (Phi) is 4.75. The lowest BCUT2D eigenvalue weighted by Crippen LogP contribution is -2.60. The molecule has 4 heterocycles. The Bertz CT molecular complexity index is 663. The van der Waals surface area contributed by atoms with Gasteiger partial charge in [0, 0.05) is 30.7 Å². The van der Waals surface area contributed by atoms with E-state index in [9.17, 15) is 13.6 Å². The second-order valence-electron chi connectivity index (χ2n) is 7.39. The van der Waals surface area contributed by atoms with Crippen molar-refractivity contribution in [1.82, 2.24) is 9.80 Å². The SMILES string of the molecule is CSCCC(=O)N1C[C@H](c2cccc(F)c2F)[C@@H]2[C@H]1C1CCN2CC1. The van der Waals surface area contributed by atoms with Crippen molar-refractivity contribution in [3.63, 3.8) is 0 Å². The summed E-state index contributed by atoms with van der Waals surface area (Å²) >= 11 is 1.67. The first-order valence-electron chi connectivity index (χ1n) is 9.08. The molecule has 0 radical (unpaired) electrons. The van der Waals surface area contributed by atoms with E-state index in [4.69, 9.17) is 0 Å². The number of amides is 1. The number of carbonyl (C=O) groups is 1. The fraction of sp³-hybridized carbons (Fsp3) is 0.632. The number of thioether (sulfide) groups is 1. The van der Waals surface area contributed by atoms with Gasteiger partial charge in [0.25, 0.3) is 0 Å². The second-order valence-corrected chi connectivity index (χ2v) is 8.38. The molecule has 4 aliphatic rings. The molecule has 0 aromatic heterocycles. The summed E-state index contributed by atoms with van der Waals surface area (Å²) in [6.07, 6.45) is 4.73. The fourth-order valence-corrected chi connectivity index (χ4v) is 5.50. The highest BCUT2D eigenvalue weighted by Crippen LogP contribution is 2.47. The molecule has 3 atom stereocenters. The fourth-order valence-electron chi connectivity index (χ4n) is 5.12. The number of halogens is 2. The first-order valence-corrected chi connectivity index (χ1v) is 10.5. The number of piperidine rings is 3. The molecular weight excluding hydrogens is 342 g/mol. The van der Waals surface area contributed by atoms with E-state index in [0.717, 1.165) is 31.7 Å². The van der Waals surface area contributed by atoms with Crippen LogP contribution in [0.15, 0.2) is 18.2 Å². The molecule has 0 spiro atoms. The van der Waals surface area contributed by atoms with Gasteiger partial charge in [-0.3, -0.25) is 9.69 Å². The number of benzene rings is 1. The lowest BCUT2D eigenvalue weighted by atomic mass is 9.75. The third-order valence-electron chi connectivity index (χ3n) is 6.22. The predicted octanol–water partition coefficient (Wildman–Crippen LogP) is 3.11. The van der Waals surface area contributed by atoms with E-state index in [2.05, 4.69) is 4.90 Å². The molecule has 1 aromatic rings. The minimum atomic E-state index is -0.794. The predicted molar refractivity (Wildman–Crippen MR) is 95.7 cm³/mol. The largest absolute Gasteiger partial charge is 0.337 e. The molecule has 4 aliphatic heterocycles. The van der Waals surface area contributed by atoms with Gasteiger partial charge in [0.05, 0.1) is 6.04 Å². The number of rotatable bonds is 4. The Balaban J connectivity index is 1.68. The molecule has 2 bridgehead atoms. The van der Waals surface area contributed by atoms with Crippen molar-refractivity contribution in [2.24, 2.45) is 5.92 Å². The van der Waals surface area contributed by atoms with E-state index in [1.807, 2.05) is 11.2 Å². The van der Waals surface area contributed by atoms with Crippen LogP contribution >= 0.6 is 11.8 Å². The molecule has 0 N–H and O–H groups in total. The highest BCUT2D eigenvalue weighted by atomic mass is 32.2. The molecule has 136 valence electrons. The summed E-state index contributed by atoms with van der Waals surface area (Å²) in [7, 11) is 0. The van der Waals surface area contributed by atoms with Crippen LogP contribution in [0.4, 0.5) is 8.78 Å². The third-order valence-corrected chi connectivity index (χ3v) is 6.83. The maximum Gasteiger partial charge on any atom is 0.223 e. The summed E-state index contributed by atoms with van der Waals surface area (Å²) in [6.45, 7) is 2.52. The Morgan fingerprint density at radius 3 is 2.72 bits per heavy atom. The standard InChI is InChI=1S/C19H24F2N2OS/c1-25-10-7-16(24)23-11-14(13-3-2-4-15(20)17(13)21)19-18(23)12-5-8-22(19)9-6-12/h2-4,12,14,18-19H,5-11H2,1H3/t14-,18-,19-/m1/s1. The van der Waals surface area contributed by atoms with Gasteiger partial charge in [0.2, 0.25) is 5.91 Å². The molecule has 4 saturated heterocycles. The molecule has 5 rings (SSSR count). The molecule has 0 saturated carbocycles. The van der Waals surface area contributed by atoms with Gasteiger partial charge in [-0.05, 0) is 49.7 Å². The zero-order chi connectivity index (χ0) is 17.6. The molecule has 3 nitrogen and oxygen atoms in total. The van der Waals surface area contributed by atoms with Gasteiger partial charge in [-0.25, -0.2) is 8.78 Å². The Morgan fingerprint density at radius 2 is 2.00 bits per heavy atom. The number of hydrogen-bond acceptors (Lipinski definition) is 3. The summed E-state index contributed by atoms with van der Waals surface area (Å²) in [5.74, 6) is -0.209. The van der Waals surface area contributed by atoms with Crippen LogP contribution in [-0.4, -0.2) is 59.4 Å².